The number of hydrogen-bond donors (Lipinski definition) is 1. The lowest BCUT2D eigenvalue weighted by atomic mass is 9.95. The second-order valence-electron chi connectivity index (χ2n) is 5.62. The first-order valence-electron chi connectivity index (χ1n) is 7.17. The van der Waals surface area contributed by atoms with E-state index in [1.807, 2.05) is 36.5 Å². The molecule has 2 aromatic rings. The van der Waals surface area contributed by atoms with Gasteiger partial charge in [0.1, 0.15) is 0 Å². The second kappa shape index (κ2) is 5.63. The molecule has 6 heteroatoms. The van der Waals surface area contributed by atoms with Crippen LogP contribution in [0, 0.1) is 5.92 Å². The summed E-state index contributed by atoms with van der Waals surface area (Å²) in [6.07, 6.45) is 3.75. The van der Waals surface area contributed by atoms with Gasteiger partial charge in [-0.25, -0.2) is 0 Å². The first-order valence-corrected chi connectivity index (χ1v) is 7.17. The van der Waals surface area contributed by atoms with Crippen molar-refractivity contribution < 1.29 is 9.59 Å². The Morgan fingerprint density at radius 3 is 2.77 bits per heavy atom. The topological polar surface area (TPSA) is 81.2 Å². The Labute approximate surface area is 128 Å². The van der Waals surface area contributed by atoms with Crippen LogP contribution in [0.1, 0.15) is 23.6 Å². The fourth-order valence-electron chi connectivity index (χ4n) is 2.97. The van der Waals surface area contributed by atoms with Gasteiger partial charge in [-0.05, 0) is 5.56 Å². The van der Waals surface area contributed by atoms with Crippen LogP contribution in [0.4, 0.5) is 0 Å². The molecule has 1 aromatic heterocycles. The number of carbonyl (C=O) groups is 2. The largest absolute Gasteiger partial charge is 0.369 e. The Morgan fingerprint density at radius 2 is 2.09 bits per heavy atom. The molecule has 1 aliphatic heterocycles. The van der Waals surface area contributed by atoms with Crippen LogP contribution in [0.2, 0.25) is 0 Å². The molecular weight excluding hydrogens is 280 g/mol. The average Bonchev–Trinajstić information content (AvgIpc) is 3.06. The molecule has 0 radical (unpaired) electrons. The van der Waals surface area contributed by atoms with Crippen molar-refractivity contribution in [3.8, 4) is 0 Å². The summed E-state index contributed by atoms with van der Waals surface area (Å²) in [4.78, 5) is 25.0. The number of likely N-dealkylation sites (tertiary alicyclic amines) is 1. The third-order valence-corrected chi connectivity index (χ3v) is 4.13. The van der Waals surface area contributed by atoms with E-state index < -0.39 is 11.8 Å². The molecular formula is C16H18N4O2. The molecule has 1 saturated heterocycles. The van der Waals surface area contributed by atoms with Crippen LogP contribution in [-0.4, -0.2) is 33.5 Å². The molecule has 2 amide bonds. The van der Waals surface area contributed by atoms with Crippen molar-refractivity contribution in [3.63, 3.8) is 0 Å². The Bertz CT molecular complexity index is 695. The molecule has 2 atom stereocenters. The lowest BCUT2D eigenvalue weighted by Gasteiger charge is -2.21. The molecule has 2 heterocycles. The molecule has 6 nitrogen and oxygen atoms in total. The molecule has 1 fully saturated rings. The van der Waals surface area contributed by atoms with E-state index in [1.54, 1.807) is 22.8 Å². The molecule has 0 aliphatic carbocycles. The van der Waals surface area contributed by atoms with Gasteiger partial charge in [0, 0.05) is 25.2 Å². The van der Waals surface area contributed by atoms with Crippen molar-refractivity contribution in [2.75, 3.05) is 7.05 Å². The van der Waals surface area contributed by atoms with Crippen molar-refractivity contribution in [2.24, 2.45) is 11.7 Å². The molecule has 2 unspecified atom stereocenters. The third-order valence-electron chi connectivity index (χ3n) is 4.13. The fraction of sp³-hybridized carbons (Fsp3) is 0.312. The number of hydrogen-bond acceptors (Lipinski definition) is 3. The van der Waals surface area contributed by atoms with Gasteiger partial charge in [-0.2, -0.15) is 5.10 Å². The highest BCUT2D eigenvalue weighted by molar-refractivity contribution is 5.89. The highest BCUT2D eigenvalue weighted by atomic mass is 16.2. The molecule has 3 rings (SSSR count). The average molecular weight is 298 g/mol. The number of benzene rings is 1. The smallest absolute Gasteiger partial charge is 0.223 e. The van der Waals surface area contributed by atoms with Gasteiger partial charge in [-0.3, -0.25) is 14.3 Å². The molecule has 1 aromatic carbocycles. The highest BCUT2D eigenvalue weighted by Gasteiger charge is 2.42. The van der Waals surface area contributed by atoms with Gasteiger partial charge in [-0.15, -0.1) is 0 Å². The number of carbonyl (C=O) groups excluding carboxylic acids is 2. The Balaban J connectivity index is 1.83. The quantitative estimate of drug-likeness (QED) is 0.912. The Morgan fingerprint density at radius 1 is 1.36 bits per heavy atom. The monoisotopic (exact) mass is 298 g/mol. The van der Waals surface area contributed by atoms with Crippen LogP contribution < -0.4 is 5.73 Å². The van der Waals surface area contributed by atoms with Crippen LogP contribution >= 0.6 is 0 Å². The SMILES string of the molecule is CN1C(=O)CC(C(N)=O)C1c1cnn(Cc2ccccc2)c1. The van der Waals surface area contributed by atoms with Gasteiger partial charge in [0.05, 0.1) is 24.7 Å². The zero-order valence-corrected chi connectivity index (χ0v) is 12.3. The van der Waals surface area contributed by atoms with Gasteiger partial charge in [0.2, 0.25) is 11.8 Å². The summed E-state index contributed by atoms with van der Waals surface area (Å²) < 4.78 is 1.80. The number of aromatic nitrogens is 2. The van der Waals surface area contributed by atoms with Gasteiger partial charge in [0.15, 0.2) is 0 Å². The van der Waals surface area contributed by atoms with E-state index in [0.717, 1.165) is 11.1 Å². The van der Waals surface area contributed by atoms with Gasteiger partial charge in [0.25, 0.3) is 0 Å². The standard InChI is InChI=1S/C16H18N4O2/c1-19-14(21)7-13(16(17)22)15(19)12-8-18-20(10-12)9-11-5-3-2-4-6-11/h2-6,8,10,13,15H,7,9H2,1H3,(H2,17,22). The first kappa shape index (κ1) is 14.3. The van der Waals surface area contributed by atoms with E-state index in [2.05, 4.69) is 5.10 Å². The summed E-state index contributed by atoms with van der Waals surface area (Å²) in [5, 5.41) is 4.34. The van der Waals surface area contributed by atoms with Crippen LogP contribution in [-0.2, 0) is 16.1 Å². The maximum Gasteiger partial charge on any atom is 0.223 e. The lowest BCUT2D eigenvalue weighted by molar-refractivity contribution is -0.128. The van der Waals surface area contributed by atoms with Gasteiger partial charge >= 0.3 is 0 Å². The molecule has 2 N–H and O–H groups in total. The van der Waals surface area contributed by atoms with Crippen LogP contribution in [0.15, 0.2) is 42.7 Å². The Hall–Kier alpha value is -2.63. The number of nitrogens with zero attached hydrogens (tertiary/aromatic N) is 3. The number of amides is 2. The maximum atomic E-state index is 11.9. The van der Waals surface area contributed by atoms with Crippen molar-refractivity contribution >= 4 is 11.8 Å². The predicted molar refractivity (Wildman–Crippen MR) is 80.6 cm³/mol. The van der Waals surface area contributed by atoms with Crippen molar-refractivity contribution in [1.82, 2.24) is 14.7 Å². The maximum absolute atomic E-state index is 11.9. The molecule has 1 aliphatic rings. The van der Waals surface area contributed by atoms with E-state index in [4.69, 9.17) is 5.73 Å². The minimum Gasteiger partial charge on any atom is -0.369 e. The first-order chi connectivity index (χ1) is 10.6. The minimum atomic E-state index is -0.494. The van der Waals surface area contributed by atoms with E-state index in [9.17, 15) is 9.59 Å². The predicted octanol–water partition coefficient (Wildman–Crippen LogP) is 0.936. The van der Waals surface area contributed by atoms with Gasteiger partial charge in [-0.1, -0.05) is 30.3 Å². The minimum absolute atomic E-state index is 0.0652. The molecule has 0 bridgehead atoms. The van der Waals surface area contributed by atoms with Crippen LogP contribution in [0.5, 0.6) is 0 Å². The summed E-state index contributed by atoms with van der Waals surface area (Å²) in [7, 11) is 1.70. The zero-order chi connectivity index (χ0) is 15.7. The lowest BCUT2D eigenvalue weighted by Crippen LogP contribution is -2.30. The highest BCUT2D eigenvalue weighted by Crippen LogP contribution is 2.36. The normalized spacial score (nSPS) is 21.3. The molecule has 114 valence electrons. The van der Waals surface area contributed by atoms with Gasteiger partial charge < -0.3 is 10.6 Å². The number of rotatable bonds is 4. The number of nitrogens with two attached hydrogens (primary N) is 1. The van der Waals surface area contributed by atoms with Crippen molar-refractivity contribution in [3.05, 3.63) is 53.9 Å². The molecule has 0 spiro atoms. The summed E-state index contributed by atoms with van der Waals surface area (Å²) in [6.45, 7) is 0.645. The third kappa shape index (κ3) is 2.59. The van der Waals surface area contributed by atoms with Crippen molar-refractivity contribution in [2.45, 2.75) is 19.0 Å². The molecule has 0 saturated carbocycles. The second-order valence-corrected chi connectivity index (χ2v) is 5.62. The summed E-state index contributed by atoms with van der Waals surface area (Å²) in [5.41, 5.74) is 7.41. The number of primary amides is 1. The molecule has 22 heavy (non-hydrogen) atoms. The van der Waals surface area contributed by atoms with E-state index in [-0.39, 0.29) is 18.4 Å². The summed E-state index contributed by atoms with van der Waals surface area (Å²) in [5.74, 6) is -1.00. The van der Waals surface area contributed by atoms with Crippen LogP contribution in [0.25, 0.3) is 0 Å². The van der Waals surface area contributed by atoms with Crippen molar-refractivity contribution in [1.29, 1.82) is 0 Å². The summed E-state index contributed by atoms with van der Waals surface area (Å²) >= 11 is 0. The van der Waals surface area contributed by atoms with E-state index in [0.29, 0.717) is 6.54 Å². The van der Waals surface area contributed by atoms with E-state index in [1.165, 1.54) is 0 Å². The Kier molecular flexibility index (Phi) is 3.66. The van der Waals surface area contributed by atoms with Crippen LogP contribution in [0.3, 0.4) is 0 Å². The summed E-state index contributed by atoms with van der Waals surface area (Å²) in [6, 6.07) is 9.65. The zero-order valence-electron chi connectivity index (χ0n) is 12.3. The fourth-order valence-corrected chi connectivity index (χ4v) is 2.97. The van der Waals surface area contributed by atoms with E-state index >= 15 is 0 Å².